The molecule has 2 rings (SSSR count). The van der Waals surface area contributed by atoms with Crippen LogP contribution < -0.4 is 5.32 Å². The Morgan fingerprint density at radius 1 is 1.00 bits per heavy atom. The number of hydrogen-bond acceptors (Lipinski definition) is 5. The summed E-state index contributed by atoms with van der Waals surface area (Å²) >= 11 is 12.0. The maximum Gasteiger partial charge on any atom is 0.337 e. The van der Waals surface area contributed by atoms with Gasteiger partial charge in [-0.05, 0) is 36.4 Å². The number of carbonyl (C=O) groups excluding carboxylic acids is 2. The zero-order chi connectivity index (χ0) is 20.4. The van der Waals surface area contributed by atoms with E-state index in [1.807, 2.05) is 0 Å². The van der Waals surface area contributed by atoms with E-state index in [0.29, 0.717) is 0 Å². The van der Waals surface area contributed by atoms with Crippen molar-refractivity contribution in [2.75, 3.05) is 26.5 Å². The minimum atomic E-state index is -3.83. The van der Waals surface area contributed by atoms with Crippen LogP contribution in [0.3, 0.4) is 0 Å². The van der Waals surface area contributed by atoms with Crippen molar-refractivity contribution in [3.63, 3.8) is 0 Å². The molecule has 0 heterocycles. The molecule has 0 saturated carbocycles. The van der Waals surface area contributed by atoms with Crippen LogP contribution in [-0.4, -0.2) is 45.8 Å². The molecule has 0 radical (unpaired) electrons. The van der Waals surface area contributed by atoms with Crippen molar-refractivity contribution in [1.29, 1.82) is 0 Å². The number of halogens is 2. The summed E-state index contributed by atoms with van der Waals surface area (Å²) in [6.45, 7) is 0. The predicted octanol–water partition coefficient (Wildman–Crippen LogP) is 3.28. The Balaban J connectivity index is 2.39. The highest BCUT2D eigenvalue weighted by Crippen LogP contribution is 2.27. The molecule has 0 saturated heterocycles. The first-order chi connectivity index (χ1) is 12.6. The van der Waals surface area contributed by atoms with Crippen LogP contribution in [-0.2, 0) is 14.8 Å². The number of ether oxygens (including phenoxy) is 1. The van der Waals surface area contributed by atoms with Crippen molar-refractivity contribution in [2.45, 2.75) is 4.90 Å². The lowest BCUT2D eigenvalue weighted by Crippen LogP contribution is -2.23. The van der Waals surface area contributed by atoms with Gasteiger partial charge in [-0.3, -0.25) is 4.79 Å². The summed E-state index contributed by atoms with van der Waals surface area (Å²) in [6.07, 6.45) is 0. The average molecular weight is 431 g/mol. The highest BCUT2D eigenvalue weighted by atomic mass is 35.5. The Bertz CT molecular complexity index is 1010. The molecule has 1 N–H and O–H groups in total. The Kier molecular flexibility index (Phi) is 6.48. The summed E-state index contributed by atoms with van der Waals surface area (Å²) in [5.74, 6) is -1.21. The van der Waals surface area contributed by atoms with E-state index >= 15 is 0 Å². The Hall–Kier alpha value is -2.13. The van der Waals surface area contributed by atoms with Crippen LogP contribution in [0.15, 0.2) is 41.3 Å². The molecule has 27 heavy (non-hydrogen) atoms. The number of sulfonamides is 1. The molecule has 0 bridgehead atoms. The zero-order valence-corrected chi connectivity index (χ0v) is 16.9. The van der Waals surface area contributed by atoms with Gasteiger partial charge in [-0.1, -0.05) is 23.2 Å². The molecule has 0 unspecified atom stereocenters. The average Bonchev–Trinajstić information content (AvgIpc) is 2.62. The van der Waals surface area contributed by atoms with E-state index in [4.69, 9.17) is 23.2 Å². The van der Waals surface area contributed by atoms with Crippen LogP contribution in [0.2, 0.25) is 10.0 Å². The van der Waals surface area contributed by atoms with Crippen LogP contribution in [0.4, 0.5) is 5.69 Å². The van der Waals surface area contributed by atoms with Crippen molar-refractivity contribution < 1.29 is 22.7 Å². The largest absolute Gasteiger partial charge is 0.465 e. The van der Waals surface area contributed by atoms with Gasteiger partial charge < -0.3 is 10.1 Å². The first-order valence-electron chi connectivity index (χ1n) is 7.49. The molecule has 7 nitrogen and oxygen atoms in total. The second-order valence-corrected chi connectivity index (χ2v) is 8.51. The maximum atomic E-state index is 12.5. The normalized spacial score (nSPS) is 11.3. The molecule has 2 aromatic rings. The lowest BCUT2D eigenvalue weighted by atomic mass is 10.1. The molecule has 0 spiro atoms. The van der Waals surface area contributed by atoms with Gasteiger partial charge in [0.25, 0.3) is 5.91 Å². The molecule has 2 aromatic carbocycles. The predicted molar refractivity (Wildman–Crippen MR) is 103 cm³/mol. The first-order valence-corrected chi connectivity index (χ1v) is 9.69. The number of methoxy groups -OCH3 is 1. The van der Waals surface area contributed by atoms with Crippen molar-refractivity contribution in [3.05, 3.63) is 57.6 Å². The number of nitrogens with one attached hydrogen (secondary N) is 1. The molecule has 144 valence electrons. The van der Waals surface area contributed by atoms with Gasteiger partial charge in [0.05, 0.1) is 28.4 Å². The first kappa shape index (κ1) is 21.2. The second kappa shape index (κ2) is 8.26. The van der Waals surface area contributed by atoms with Crippen molar-refractivity contribution >= 4 is 50.8 Å². The van der Waals surface area contributed by atoms with Crippen LogP contribution in [0.1, 0.15) is 20.7 Å². The molecule has 0 aromatic heterocycles. The fraction of sp³-hybridized carbons (Fsp3) is 0.176. The second-order valence-electron chi connectivity index (χ2n) is 5.57. The number of anilines is 1. The fourth-order valence-electron chi connectivity index (χ4n) is 2.10. The Labute approximate surface area is 166 Å². The van der Waals surface area contributed by atoms with Crippen molar-refractivity contribution in [2.24, 2.45) is 0 Å². The Morgan fingerprint density at radius 2 is 1.59 bits per heavy atom. The van der Waals surface area contributed by atoms with Crippen LogP contribution >= 0.6 is 23.2 Å². The number of carbonyl (C=O) groups is 2. The van der Waals surface area contributed by atoms with Crippen molar-refractivity contribution in [1.82, 2.24) is 4.31 Å². The van der Waals surface area contributed by atoms with E-state index in [0.717, 1.165) is 4.31 Å². The smallest absolute Gasteiger partial charge is 0.337 e. The summed E-state index contributed by atoms with van der Waals surface area (Å²) in [6, 6.07) is 8.12. The van der Waals surface area contributed by atoms with E-state index < -0.39 is 21.9 Å². The standard InChI is InChI=1S/C17H16Cl2N2O5S/c1-21(2)27(24,25)15-9-10(4-7-13(15)19)16(22)20-14-8-11(17(23)26-3)5-6-12(14)18/h4-9H,1-3H3,(H,20,22). The summed E-state index contributed by atoms with van der Waals surface area (Å²) in [4.78, 5) is 24.0. The van der Waals surface area contributed by atoms with Gasteiger partial charge in [0.1, 0.15) is 4.90 Å². The number of rotatable bonds is 5. The summed E-state index contributed by atoms with van der Waals surface area (Å²) in [7, 11) is 0.115. The molecule has 10 heteroatoms. The minimum Gasteiger partial charge on any atom is -0.465 e. The molecular weight excluding hydrogens is 415 g/mol. The molecule has 1 amide bonds. The van der Waals surface area contributed by atoms with Gasteiger partial charge >= 0.3 is 5.97 Å². The van der Waals surface area contributed by atoms with Gasteiger partial charge in [0.15, 0.2) is 0 Å². The number of esters is 1. The van der Waals surface area contributed by atoms with Crippen LogP contribution in [0, 0.1) is 0 Å². The number of nitrogens with zero attached hydrogens (tertiary/aromatic N) is 1. The molecule has 0 atom stereocenters. The van der Waals surface area contributed by atoms with E-state index in [2.05, 4.69) is 10.1 Å². The third kappa shape index (κ3) is 4.59. The molecular formula is C17H16Cl2N2O5S. The minimum absolute atomic E-state index is 0.00836. The number of benzene rings is 2. The van der Waals surface area contributed by atoms with Gasteiger partial charge in [0, 0.05) is 19.7 Å². The lowest BCUT2D eigenvalue weighted by molar-refractivity contribution is 0.0600. The van der Waals surface area contributed by atoms with E-state index in [-0.39, 0.29) is 31.8 Å². The van der Waals surface area contributed by atoms with Gasteiger partial charge in [-0.2, -0.15) is 0 Å². The topological polar surface area (TPSA) is 92.8 Å². The van der Waals surface area contributed by atoms with E-state index in [1.165, 1.54) is 57.6 Å². The molecule has 0 aliphatic rings. The highest BCUT2D eigenvalue weighted by Gasteiger charge is 2.23. The highest BCUT2D eigenvalue weighted by molar-refractivity contribution is 7.89. The third-order valence-corrected chi connectivity index (χ3v) is 6.21. The Morgan fingerprint density at radius 3 is 2.19 bits per heavy atom. The van der Waals surface area contributed by atoms with Gasteiger partial charge in [0.2, 0.25) is 10.0 Å². The maximum absolute atomic E-state index is 12.5. The molecule has 0 fully saturated rings. The zero-order valence-electron chi connectivity index (χ0n) is 14.6. The van der Waals surface area contributed by atoms with Gasteiger partial charge in [-0.15, -0.1) is 0 Å². The number of amides is 1. The summed E-state index contributed by atoms with van der Waals surface area (Å²) in [5.41, 5.74) is 0.431. The van der Waals surface area contributed by atoms with Crippen molar-refractivity contribution in [3.8, 4) is 0 Å². The lowest BCUT2D eigenvalue weighted by Gasteiger charge is -2.14. The quantitative estimate of drug-likeness (QED) is 0.734. The monoisotopic (exact) mass is 430 g/mol. The van der Waals surface area contributed by atoms with Gasteiger partial charge in [-0.25, -0.2) is 17.5 Å². The SMILES string of the molecule is COC(=O)c1ccc(Cl)c(NC(=O)c2ccc(Cl)c(S(=O)(=O)N(C)C)c2)c1. The van der Waals surface area contributed by atoms with Crippen LogP contribution in [0.25, 0.3) is 0 Å². The fourth-order valence-corrected chi connectivity index (χ4v) is 3.66. The molecule has 0 aliphatic carbocycles. The van der Waals surface area contributed by atoms with E-state index in [1.54, 1.807) is 0 Å². The molecule has 0 aliphatic heterocycles. The third-order valence-electron chi connectivity index (χ3n) is 3.59. The summed E-state index contributed by atoms with van der Waals surface area (Å²) < 4.78 is 30.3. The number of hydrogen-bond donors (Lipinski definition) is 1. The van der Waals surface area contributed by atoms with E-state index in [9.17, 15) is 18.0 Å². The van der Waals surface area contributed by atoms with Crippen LogP contribution in [0.5, 0.6) is 0 Å². The summed E-state index contributed by atoms with van der Waals surface area (Å²) in [5, 5.41) is 2.73.